The van der Waals surface area contributed by atoms with Crippen LogP contribution in [0.2, 0.25) is 0 Å². The van der Waals surface area contributed by atoms with Gasteiger partial charge in [0.25, 0.3) is 5.91 Å². The normalized spacial score (nSPS) is 16.0. The molecule has 37 heavy (non-hydrogen) atoms. The van der Waals surface area contributed by atoms with Crippen molar-refractivity contribution >= 4 is 39.8 Å². The van der Waals surface area contributed by atoms with Crippen molar-refractivity contribution < 1.29 is 19.0 Å². The van der Waals surface area contributed by atoms with Gasteiger partial charge in [-0.2, -0.15) is 15.1 Å². The summed E-state index contributed by atoms with van der Waals surface area (Å²) < 4.78 is 17.6. The van der Waals surface area contributed by atoms with Crippen molar-refractivity contribution in [3.05, 3.63) is 58.7 Å². The van der Waals surface area contributed by atoms with Crippen LogP contribution in [-0.2, 0) is 4.79 Å². The molecule has 2 aromatic rings. The highest BCUT2D eigenvalue weighted by molar-refractivity contribution is 8.26. The Morgan fingerprint density at radius 2 is 1.76 bits per heavy atom. The zero-order chi connectivity index (χ0) is 26.4. The number of rotatable bonds is 11. The van der Waals surface area contributed by atoms with Crippen molar-refractivity contribution in [2.24, 2.45) is 10.1 Å². The number of carbonyl (C=O) groups excluding carboxylic acids is 1. The van der Waals surface area contributed by atoms with Crippen LogP contribution in [0, 0.1) is 19.3 Å². The summed E-state index contributed by atoms with van der Waals surface area (Å²) in [6, 6.07) is 11.5. The van der Waals surface area contributed by atoms with Crippen LogP contribution in [0.5, 0.6) is 17.2 Å². The number of thioether (sulfide) groups is 1. The highest BCUT2D eigenvalue weighted by Gasteiger charge is 2.35. The fourth-order valence-electron chi connectivity index (χ4n) is 3.89. The van der Waals surface area contributed by atoms with E-state index in [0.29, 0.717) is 42.1 Å². The summed E-state index contributed by atoms with van der Waals surface area (Å²) in [7, 11) is 0. The monoisotopic (exact) mass is 520 g/mol. The number of amidine groups is 2. The molecule has 0 bridgehead atoms. The van der Waals surface area contributed by atoms with E-state index in [1.54, 1.807) is 18.2 Å². The smallest absolute Gasteiger partial charge is 0.283 e. The molecule has 2 heterocycles. The summed E-state index contributed by atoms with van der Waals surface area (Å²) in [4.78, 5) is 16.9. The summed E-state index contributed by atoms with van der Waals surface area (Å²) in [6.07, 6.45) is 4.51. The number of hydrogen-bond acceptors (Lipinski definition) is 7. The van der Waals surface area contributed by atoms with E-state index in [2.05, 4.69) is 30.0 Å². The Bertz CT molecular complexity index is 1280. The number of nitrogens with zero attached hydrogens (tertiary/aromatic N) is 3. The second kappa shape index (κ2) is 12.1. The molecular formula is C28H32N4O4S. The van der Waals surface area contributed by atoms with Crippen LogP contribution in [0.3, 0.4) is 0 Å². The number of benzene rings is 2. The first kappa shape index (κ1) is 26.5. The molecular weight excluding hydrogens is 488 g/mol. The lowest BCUT2D eigenvalue weighted by molar-refractivity contribution is -0.114. The molecule has 2 aromatic carbocycles. The first-order valence-electron chi connectivity index (χ1n) is 12.5. The highest BCUT2D eigenvalue weighted by atomic mass is 32.2. The van der Waals surface area contributed by atoms with Crippen molar-refractivity contribution in [3.63, 3.8) is 0 Å². The second-order valence-electron chi connectivity index (χ2n) is 8.72. The van der Waals surface area contributed by atoms with E-state index in [1.807, 2.05) is 32.0 Å². The van der Waals surface area contributed by atoms with Crippen LogP contribution in [0.4, 0.5) is 0 Å². The SMILES string of the molecule is CCCCC1=NN2C(=N)/C(=C\c3ccc(OCCOc4ccc(C)cc4C)c(OCC)c3)C(=O)N=C2S1. The number of fused-ring (bicyclic) bond motifs is 1. The Morgan fingerprint density at radius 3 is 2.49 bits per heavy atom. The van der Waals surface area contributed by atoms with Crippen LogP contribution < -0.4 is 14.2 Å². The standard InChI is InChI=1S/C28H32N4O4S/c1-5-7-8-25-31-32-26(29)21(27(33)30-28(32)37-25)16-20-10-12-23(24(17-20)34-6-2)36-14-13-35-22-11-9-18(3)15-19(22)4/h9-12,15-17,29H,5-8,13-14H2,1-4H3/b21-16+,29-26?. The Hall–Kier alpha value is -3.59. The molecule has 194 valence electrons. The maximum absolute atomic E-state index is 12.7. The van der Waals surface area contributed by atoms with Crippen LogP contribution in [0.1, 0.15) is 49.8 Å². The van der Waals surface area contributed by atoms with Crippen molar-refractivity contribution in [1.82, 2.24) is 5.01 Å². The zero-order valence-corrected chi connectivity index (χ0v) is 22.5. The van der Waals surface area contributed by atoms with Crippen molar-refractivity contribution in [1.29, 1.82) is 5.41 Å². The predicted octanol–water partition coefficient (Wildman–Crippen LogP) is 5.97. The van der Waals surface area contributed by atoms with Gasteiger partial charge >= 0.3 is 0 Å². The minimum absolute atomic E-state index is 0.0239. The lowest BCUT2D eigenvalue weighted by Gasteiger charge is -2.20. The number of carbonyl (C=O) groups is 1. The van der Waals surface area contributed by atoms with E-state index in [0.717, 1.165) is 35.6 Å². The van der Waals surface area contributed by atoms with Gasteiger partial charge in [0, 0.05) is 0 Å². The van der Waals surface area contributed by atoms with Crippen LogP contribution in [0.25, 0.3) is 6.08 Å². The maximum atomic E-state index is 12.7. The molecule has 1 N–H and O–H groups in total. The molecule has 0 unspecified atom stereocenters. The fraction of sp³-hybridized carbons (Fsp3) is 0.357. The molecule has 0 atom stereocenters. The van der Waals surface area contributed by atoms with Gasteiger partial charge in [-0.3, -0.25) is 10.2 Å². The van der Waals surface area contributed by atoms with Crippen molar-refractivity contribution in [2.45, 2.75) is 47.0 Å². The summed E-state index contributed by atoms with van der Waals surface area (Å²) in [6.45, 7) is 9.28. The Kier molecular flexibility index (Phi) is 8.66. The Morgan fingerprint density at radius 1 is 1.00 bits per heavy atom. The second-order valence-corrected chi connectivity index (χ2v) is 9.76. The van der Waals surface area contributed by atoms with Gasteiger partial charge in [-0.1, -0.05) is 37.1 Å². The van der Waals surface area contributed by atoms with Crippen LogP contribution in [-0.4, -0.2) is 46.8 Å². The Labute approximate surface area is 221 Å². The highest BCUT2D eigenvalue weighted by Crippen LogP contribution is 2.32. The van der Waals surface area contributed by atoms with E-state index in [1.165, 1.54) is 22.3 Å². The molecule has 0 aliphatic carbocycles. The maximum Gasteiger partial charge on any atom is 0.283 e. The van der Waals surface area contributed by atoms with Crippen LogP contribution in [0.15, 0.2) is 52.1 Å². The molecule has 1 amide bonds. The third-order valence-corrected chi connectivity index (χ3v) is 6.72. The molecule has 0 aromatic heterocycles. The first-order chi connectivity index (χ1) is 17.9. The average Bonchev–Trinajstić information content (AvgIpc) is 3.28. The minimum Gasteiger partial charge on any atom is -0.490 e. The lowest BCUT2D eigenvalue weighted by Crippen LogP contribution is -2.35. The zero-order valence-electron chi connectivity index (χ0n) is 21.7. The third-order valence-electron chi connectivity index (χ3n) is 5.75. The largest absolute Gasteiger partial charge is 0.490 e. The molecule has 8 nitrogen and oxygen atoms in total. The predicted molar refractivity (Wildman–Crippen MR) is 149 cm³/mol. The van der Waals surface area contributed by atoms with Gasteiger partial charge in [0.05, 0.1) is 12.2 Å². The van der Waals surface area contributed by atoms with Crippen LogP contribution >= 0.6 is 11.8 Å². The number of aliphatic imine (C=N–C) groups is 1. The van der Waals surface area contributed by atoms with Gasteiger partial charge < -0.3 is 14.2 Å². The van der Waals surface area contributed by atoms with E-state index < -0.39 is 5.91 Å². The molecule has 0 saturated carbocycles. The molecule has 0 saturated heterocycles. The lowest BCUT2D eigenvalue weighted by atomic mass is 10.1. The van der Waals surface area contributed by atoms with Crippen molar-refractivity contribution in [2.75, 3.05) is 19.8 Å². The van der Waals surface area contributed by atoms with Gasteiger partial charge in [0.2, 0.25) is 5.17 Å². The molecule has 0 radical (unpaired) electrons. The minimum atomic E-state index is -0.447. The quantitative estimate of drug-likeness (QED) is 0.290. The molecule has 4 rings (SSSR count). The third kappa shape index (κ3) is 6.40. The molecule has 9 heteroatoms. The summed E-state index contributed by atoms with van der Waals surface area (Å²) in [5, 5.41) is 15.8. The molecule has 0 spiro atoms. The van der Waals surface area contributed by atoms with E-state index >= 15 is 0 Å². The summed E-state index contributed by atoms with van der Waals surface area (Å²) in [5.41, 5.74) is 3.17. The number of amides is 1. The van der Waals surface area contributed by atoms with Gasteiger partial charge in [-0.15, -0.1) is 0 Å². The number of hydrogen-bond donors (Lipinski definition) is 1. The number of hydrazone groups is 1. The summed E-state index contributed by atoms with van der Waals surface area (Å²) in [5.74, 6) is 1.55. The number of nitrogens with one attached hydrogen (secondary N) is 1. The number of unbranched alkanes of at least 4 members (excludes halogenated alkanes) is 1. The van der Waals surface area contributed by atoms with E-state index in [9.17, 15) is 4.79 Å². The average molecular weight is 521 g/mol. The van der Waals surface area contributed by atoms with E-state index in [-0.39, 0.29) is 11.4 Å². The molecule has 2 aliphatic rings. The first-order valence-corrected chi connectivity index (χ1v) is 13.3. The number of aryl methyl sites for hydroxylation is 2. The molecule has 2 aliphatic heterocycles. The van der Waals surface area contributed by atoms with Gasteiger partial charge in [0.15, 0.2) is 17.3 Å². The Balaban J connectivity index is 1.45. The molecule has 0 fully saturated rings. The van der Waals surface area contributed by atoms with Gasteiger partial charge in [-0.25, -0.2) is 0 Å². The fourth-order valence-corrected chi connectivity index (χ4v) is 4.82. The topological polar surface area (TPSA) is 96.6 Å². The number of ether oxygens (including phenoxy) is 3. The van der Waals surface area contributed by atoms with Crippen molar-refractivity contribution in [3.8, 4) is 17.2 Å². The summed E-state index contributed by atoms with van der Waals surface area (Å²) >= 11 is 1.36. The van der Waals surface area contributed by atoms with Gasteiger partial charge in [-0.05, 0) is 80.8 Å². The van der Waals surface area contributed by atoms with E-state index in [4.69, 9.17) is 19.6 Å². The van der Waals surface area contributed by atoms with Gasteiger partial charge in [0.1, 0.15) is 24.0 Å².